The largest absolute Gasteiger partial charge is 0.313 e. The number of hydrogen-bond donors (Lipinski definition) is 1. The van der Waals surface area contributed by atoms with Gasteiger partial charge < -0.3 is 5.32 Å². The Hall–Kier alpha value is -0.180. The SMILES string of the molecule is CCNC1CC(C)CC(C)C1Sc1ccc(Cl)cc1. The maximum atomic E-state index is 5.96. The molecule has 19 heavy (non-hydrogen) atoms. The molecule has 1 saturated carbocycles. The van der Waals surface area contributed by atoms with Crippen molar-refractivity contribution in [3.8, 4) is 0 Å². The van der Waals surface area contributed by atoms with Gasteiger partial charge in [0.05, 0.1) is 0 Å². The summed E-state index contributed by atoms with van der Waals surface area (Å²) < 4.78 is 0. The van der Waals surface area contributed by atoms with E-state index in [0.29, 0.717) is 11.3 Å². The van der Waals surface area contributed by atoms with E-state index in [2.05, 4.69) is 38.2 Å². The summed E-state index contributed by atoms with van der Waals surface area (Å²) in [5.41, 5.74) is 0. The molecule has 106 valence electrons. The smallest absolute Gasteiger partial charge is 0.0406 e. The third-order valence-corrected chi connectivity index (χ3v) is 5.80. The van der Waals surface area contributed by atoms with E-state index >= 15 is 0 Å². The molecular formula is C16H24ClNS. The number of rotatable bonds is 4. The molecule has 0 amide bonds. The normalized spacial score (nSPS) is 31.4. The van der Waals surface area contributed by atoms with Crippen LogP contribution >= 0.6 is 23.4 Å². The molecule has 1 aromatic carbocycles. The van der Waals surface area contributed by atoms with E-state index in [9.17, 15) is 0 Å². The average Bonchev–Trinajstić information content (AvgIpc) is 2.36. The van der Waals surface area contributed by atoms with Crippen LogP contribution in [0.5, 0.6) is 0 Å². The van der Waals surface area contributed by atoms with E-state index in [1.165, 1.54) is 17.7 Å². The minimum absolute atomic E-state index is 0.629. The molecule has 4 unspecified atom stereocenters. The van der Waals surface area contributed by atoms with Gasteiger partial charge in [-0.05, 0) is 55.5 Å². The lowest BCUT2D eigenvalue weighted by molar-refractivity contribution is 0.251. The van der Waals surface area contributed by atoms with Gasteiger partial charge in [0.1, 0.15) is 0 Å². The van der Waals surface area contributed by atoms with Gasteiger partial charge >= 0.3 is 0 Å². The molecule has 0 radical (unpaired) electrons. The van der Waals surface area contributed by atoms with Gasteiger partial charge in [-0.25, -0.2) is 0 Å². The van der Waals surface area contributed by atoms with Gasteiger partial charge in [-0.2, -0.15) is 0 Å². The Balaban J connectivity index is 2.08. The van der Waals surface area contributed by atoms with Crippen LogP contribution < -0.4 is 5.32 Å². The maximum absolute atomic E-state index is 5.96. The van der Waals surface area contributed by atoms with Gasteiger partial charge in [0, 0.05) is 21.2 Å². The monoisotopic (exact) mass is 297 g/mol. The molecule has 0 bridgehead atoms. The molecule has 1 fully saturated rings. The Morgan fingerprint density at radius 3 is 2.53 bits per heavy atom. The van der Waals surface area contributed by atoms with E-state index in [1.807, 2.05) is 23.9 Å². The molecule has 1 aromatic rings. The molecule has 0 aromatic heterocycles. The first-order valence-electron chi connectivity index (χ1n) is 7.25. The second-order valence-electron chi connectivity index (χ2n) is 5.75. The van der Waals surface area contributed by atoms with Crippen molar-refractivity contribution in [2.24, 2.45) is 11.8 Å². The molecule has 1 nitrogen and oxygen atoms in total. The summed E-state index contributed by atoms with van der Waals surface area (Å²) in [7, 11) is 0. The Morgan fingerprint density at radius 2 is 1.89 bits per heavy atom. The molecule has 1 aliphatic rings. The number of hydrogen-bond acceptors (Lipinski definition) is 2. The molecule has 0 spiro atoms. The zero-order valence-corrected chi connectivity index (χ0v) is 13.6. The van der Waals surface area contributed by atoms with Crippen molar-refractivity contribution in [1.29, 1.82) is 0 Å². The molecule has 0 aliphatic heterocycles. The van der Waals surface area contributed by atoms with E-state index in [0.717, 1.165) is 23.4 Å². The predicted molar refractivity (Wildman–Crippen MR) is 86.1 cm³/mol. The van der Waals surface area contributed by atoms with Crippen LogP contribution in [-0.2, 0) is 0 Å². The lowest BCUT2D eigenvalue weighted by Crippen LogP contribution is -2.46. The minimum atomic E-state index is 0.629. The van der Waals surface area contributed by atoms with Crippen LogP contribution in [0.25, 0.3) is 0 Å². The second-order valence-corrected chi connectivity index (χ2v) is 7.44. The number of halogens is 1. The van der Waals surface area contributed by atoms with Gasteiger partial charge in [0.2, 0.25) is 0 Å². The highest BCUT2D eigenvalue weighted by Gasteiger charge is 2.34. The van der Waals surface area contributed by atoms with E-state index < -0.39 is 0 Å². The van der Waals surface area contributed by atoms with Crippen LogP contribution in [0.2, 0.25) is 5.02 Å². The van der Waals surface area contributed by atoms with Crippen LogP contribution in [0, 0.1) is 11.8 Å². The van der Waals surface area contributed by atoms with E-state index in [1.54, 1.807) is 0 Å². The van der Waals surface area contributed by atoms with Gasteiger partial charge in [0.15, 0.2) is 0 Å². The molecule has 2 rings (SSSR count). The highest BCUT2D eigenvalue weighted by atomic mass is 35.5. The van der Waals surface area contributed by atoms with Crippen molar-refractivity contribution in [2.45, 2.75) is 49.8 Å². The van der Waals surface area contributed by atoms with E-state index in [-0.39, 0.29) is 0 Å². The Labute approximate surface area is 126 Å². The third kappa shape index (κ3) is 4.14. The van der Waals surface area contributed by atoms with Gasteiger partial charge in [-0.15, -0.1) is 11.8 Å². The van der Waals surface area contributed by atoms with Gasteiger partial charge in [0.25, 0.3) is 0 Å². The van der Waals surface area contributed by atoms with Crippen LogP contribution in [0.1, 0.15) is 33.6 Å². The quantitative estimate of drug-likeness (QED) is 0.853. The fraction of sp³-hybridized carbons (Fsp3) is 0.625. The number of nitrogens with one attached hydrogen (secondary N) is 1. The van der Waals surface area contributed by atoms with Crippen LogP contribution in [-0.4, -0.2) is 17.8 Å². The van der Waals surface area contributed by atoms with Crippen molar-refractivity contribution in [3.05, 3.63) is 29.3 Å². The fourth-order valence-corrected chi connectivity index (χ4v) is 4.61. The predicted octanol–water partition coefficient (Wildman–Crippen LogP) is 4.84. The van der Waals surface area contributed by atoms with Crippen molar-refractivity contribution >= 4 is 23.4 Å². The summed E-state index contributed by atoms with van der Waals surface area (Å²) in [5.74, 6) is 1.59. The highest BCUT2D eigenvalue weighted by molar-refractivity contribution is 8.00. The fourth-order valence-electron chi connectivity index (χ4n) is 3.16. The first kappa shape index (κ1) is 15.2. The van der Waals surface area contributed by atoms with Crippen LogP contribution in [0.3, 0.4) is 0 Å². The lowest BCUT2D eigenvalue weighted by Gasteiger charge is -2.39. The molecule has 4 atom stereocenters. The molecule has 1 N–H and O–H groups in total. The lowest BCUT2D eigenvalue weighted by atomic mass is 9.80. The standard InChI is InChI=1S/C16H24ClNS/c1-4-18-15-10-11(2)9-12(3)16(15)19-14-7-5-13(17)6-8-14/h5-8,11-12,15-16,18H,4,9-10H2,1-3H3. The van der Waals surface area contributed by atoms with Crippen molar-refractivity contribution in [2.75, 3.05) is 6.54 Å². The summed E-state index contributed by atoms with van der Waals surface area (Å²) in [5, 5.41) is 5.16. The minimum Gasteiger partial charge on any atom is -0.313 e. The van der Waals surface area contributed by atoms with Crippen molar-refractivity contribution < 1.29 is 0 Å². The zero-order valence-electron chi connectivity index (χ0n) is 12.0. The maximum Gasteiger partial charge on any atom is 0.0406 e. The number of benzene rings is 1. The van der Waals surface area contributed by atoms with Crippen molar-refractivity contribution in [3.63, 3.8) is 0 Å². The summed E-state index contributed by atoms with van der Waals surface area (Å²) in [6.45, 7) is 8.04. The van der Waals surface area contributed by atoms with Crippen molar-refractivity contribution in [1.82, 2.24) is 5.32 Å². The Bertz CT molecular complexity index is 392. The average molecular weight is 298 g/mol. The van der Waals surface area contributed by atoms with E-state index in [4.69, 9.17) is 11.6 Å². The van der Waals surface area contributed by atoms with Crippen LogP contribution in [0.4, 0.5) is 0 Å². The summed E-state index contributed by atoms with van der Waals surface area (Å²) in [4.78, 5) is 1.33. The Morgan fingerprint density at radius 1 is 1.21 bits per heavy atom. The molecule has 3 heteroatoms. The van der Waals surface area contributed by atoms with Gasteiger partial charge in [-0.1, -0.05) is 32.4 Å². The Kier molecular flexibility index (Phi) is 5.61. The highest BCUT2D eigenvalue weighted by Crippen LogP contribution is 2.39. The second kappa shape index (κ2) is 7.01. The molecule has 1 aliphatic carbocycles. The molecule has 0 saturated heterocycles. The van der Waals surface area contributed by atoms with Gasteiger partial charge in [-0.3, -0.25) is 0 Å². The summed E-state index contributed by atoms with van der Waals surface area (Å²) in [6.07, 6.45) is 2.64. The molecule has 0 heterocycles. The first-order valence-corrected chi connectivity index (χ1v) is 8.51. The zero-order chi connectivity index (χ0) is 13.8. The summed E-state index contributed by atoms with van der Waals surface area (Å²) >= 11 is 7.97. The summed E-state index contributed by atoms with van der Waals surface area (Å²) in [6, 6.07) is 8.89. The third-order valence-electron chi connectivity index (χ3n) is 3.94. The number of thioether (sulfide) groups is 1. The first-order chi connectivity index (χ1) is 9.10. The topological polar surface area (TPSA) is 12.0 Å². The van der Waals surface area contributed by atoms with Crippen LogP contribution in [0.15, 0.2) is 29.2 Å². The molecular weight excluding hydrogens is 274 g/mol.